The normalized spacial score (nSPS) is 35.7. The van der Waals surface area contributed by atoms with Gasteiger partial charge in [-0.25, -0.2) is 0 Å². The van der Waals surface area contributed by atoms with Crippen molar-refractivity contribution in [1.29, 1.82) is 0 Å². The van der Waals surface area contributed by atoms with Crippen molar-refractivity contribution >= 4 is 33.3 Å². The zero-order chi connectivity index (χ0) is 16.3. The third-order valence-corrected chi connectivity index (χ3v) is 7.63. The summed E-state index contributed by atoms with van der Waals surface area (Å²) in [4.78, 5) is 25.4. The maximum absolute atomic E-state index is 13.1. The maximum Gasteiger partial charge on any atom is 0.232 e. The minimum atomic E-state index is -0.677. The molecule has 1 aromatic carbocycles. The first-order valence-electron chi connectivity index (χ1n) is 7.73. The van der Waals surface area contributed by atoms with Gasteiger partial charge < -0.3 is 5.32 Å². The summed E-state index contributed by atoms with van der Waals surface area (Å²) in [5.74, 6) is 0.126. The second-order valence-corrected chi connectivity index (χ2v) is 8.39. The van der Waals surface area contributed by atoms with E-state index in [1.54, 1.807) is 0 Å². The molecule has 2 bridgehead atoms. The fourth-order valence-corrected chi connectivity index (χ4v) is 5.85. The Bertz CT molecular complexity index is 652. The van der Waals surface area contributed by atoms with Gasteiger partial charge in [-0.2, -0.15) is 0 Å². The van der Waals surface area contributed by atoms with E-state index in [4.69, 9.17) is 0 Å². The van der Waals surface area contributed by atoms with Crippen LogP contribution < -0.4 is 5.32 Å². The molecular formula is C18H22BrNO2. The molecule has 0 radical (unpaired) electrons. The van der Waals surface area contributed by atoms with Gasteiger partial charge in [0.2, 0.25) is 5.91 Å². The Morgan fingerprint density at radius 2 is 1.77 bits per heavy atom. The van der Waals surface area contributed by atoms with E-state index in [1.807, 2.05) is 38.1 Å². The highest BCUT2D eigenvalue weighted by Crippen LogP contribution is 2.72. The van der Waals surface area contributed by atoms with Gasteiger partial charge in [0.25, 0.3) is 0 Å². The summed E-state index contributed by atoms with van der Waals surface area (Å²) in [6, 6.07) is 7.77. The highest BCUT2D eigenvalue weighted by molar-refractivity contribution is 9.10. The summed E-state index contributed by atoms with van der Waals surface area (Å²) in [5, 5.41) is 3.03. The van der Waals surface area contributed by atoms with Gasteiger partial charge in [0.1, 0.15) is 0 Å². The molecule has 3 nitrogen and oxygen atoms in total. The Morgan fingerprint density at radius 3 is 2.27 bits per heavy atom. The highest BCUT2D eigenvalue weighted by atomic mass is 79.9. The quantitative estimate of drug-likeness (QED) is 0.804. The number of fused-ring (bicyclic) bond motifs is 2. The van der Waals surface area contributed by atoms with Crippen LogP contribution >= 0.6 is 15.9 Å². The Hall–Kier alpha value is -1.16. The molecule has 0 aliphatic heterocycles. The van der Waals surface area contributed by atoms with Crippen LogP contribution in [-0.2, 0) is 9.59 Å². The number of alkyl halides is 1. The van der Waals surface area contributed by atoms with E-state index in [0.29, 0.717) is 0 Å². The average Bonchev–Trinajstić information content (AvgIpc) is 2.74. The molecule has 2 aliphatic rings. The number of anilines is 1. The molecule has 3 rings (SSSR count). The van der Waals surface area contributed by atoms with Crippen LogP contribution in [0.15, 0.2) is 24.3 Å². The van der Waals surface area contributed by atoms with Gasteiger partial charge in [-0.1, -0.05) is 54.4 Å². The monoisotopic (exact) mass is 363 g/mol. The molecular weight excluding hydrogens is 342 g/mol. The third kappa shape index (κ3) is 1.67. The number of amides is 1. The van der Waals surface area contributed by atoms with Crippen molar-refractivity contribution < 1.29 is 9.59 Å². The van der Waals surface area contributed by atoms with E-state index in [9.17, 15) is 9.59 Å². The van der Waals surface area contributed by atoms with Gasteiger partial charge in [0, 0.05) is 11.1 Å². The number of ketones is 1. The largest absolute Gasteiger partial charge is 0.326 e. The lowest BCUT2D eigenvalue weighted by atomic mass is 9.64. The summed E-state index contributed by atoms with van der Waals surface area (Å²) in [6.07, 6.45) is 1.53. The van der Waals surface area contributed by atoms with Gasteiger partial charge in [0.05, 0.1) is 10.2 Å². The van der Waals surface area contributed by atoms with Crippen molar-refractivity contribution in [2.45, 2.75) is 45.4 Å². The molecule has 0 saturated heterocycles. The second-order valence-electron chi connectivity index (χ2n) is 7.48. The molecule has 2 fully saturated rings. The summed E-state index contributed by atoms with van der Waals surface area (Å²) in [5.41, 5.74) is 0.475. The number of aryl methyl sites for hydroxylation is 1. The molecule has 3 atom stereocenters. The number of carbonyl (C=O) groups excluding carboxylic acids is 2. The van der Waals surface area contributed by atoms with Crippen LogP contribution in [0.5, 0.6) is 0 Å². The van der Waals surface area contributed by atoms with Gasteiger partial charge >= 0.3 is 0 Å². The van der Waals surface area contributed by atoms with Gasteiger partial charge in [-0.05, 0) is 37.3 Å². The Balaban J connectivity index is 1.97. The molecule has 0 spiro atoms. The van der Waals surface area contributed by atoms with Crippen molar-refractivity contribution in [3.05, 3.63) is 29.8 Å². The van der Waals surface area contributed by atoms with Gasteiger partial charge in [-0.15, -0.1) is 0 Å². The predicted octanol–water partition coefficient (Wildman–Crippen LogP) is 4.09. The standard InChI is InChI=1S/C18H22BrNO2/c1-11-5-7-12(8-6-11)20-15(22)18-10-9-17(4,16(18,2)3)14(21)13(18)19/h5-8,13H,9-10H2,1-4H3,(H,20,22)/t13-,17-,18-/m0/s1. The molecule has 2 saturated carbocycles. The summed E-state index contributed by atoms with van der Waals surface area (Å²) < 4.78 is 0. The van der Waals surface area contributed by atoms with Crippen molar-refractivity contribution in [2.24, 2.45) is 16.2 Å². The van der Waals surface area contributed by atoms with Crippen LogP contribution in [0.4, 0.5) is 5.69 Å². The molecule has 1 amide bonds. The molecule has 1 N–H and O–H groups in total. The lowest BCUT2D eigenvalue weighted by Crippen LogP contribution is -2.47. The number of nitrogens with one attached hydrogen (secondary N) is 1. The molecule has 0 aromatic heterocycles. The fraction of sp³-hybridized carbons (Fsp3) is 0.556. The van der Waals surface area contributed by atoms with E-state index in [1.165, 1.54) is 0 Å². The van der Waals surface area contributed by atoms with Gasteiger partial charge in [0.15, 0.2) is 5.78 Å². The van der Waals surface area contributed by atoms with Crippen LogP contribution in [-0.4, -0.2) is 16.5 Å². The highest BCUT2D eigenvalue weighted by Gasteiger charge is 2.76. The average molecular weight is 364 g/mol. The second kappa shape index (κ2) is 4.67. The Kier molecular flexibility index (Phi) is 3.34. The lowest BCUT2D eigenvalue weighted by molar-refractivity contribution is -0.130. The van der Waals surface area contributed by atoms with Crippen molar-refractivity contribution in [1.82, 2.24) is 0 Å². The molecule has 1 aromatic rings. The first kappa shape index (κ1) is 15.7. The van der Waals surface area contributed by atoms with Crippen molar-refractivity contribution in [3.8, 4) is 0 Å². The van der Waals surface area contributed by atoms with Gasteiger partial charge in [-0.3, -0.25) is 9.59 Å². The number of benzene rings is 1. The molecule has 2 aliphatic carbocycles. The van der Waals surface area contributed by atoms with Crippen LogP contribution in [0.2, 0.25) is 0 Å². The first-order chi connectivity index (χ1) is 10.2. The number of rotatable bonds is 2. The smallest absolute Gasteiger partial charge is 0.232 e. The van der Waals surface area contributed by atoms with Crippen LogP contribution in [0, 0.1) is 23.2 Å². The summed E-state index contributed by atoms with van der Waals surface area (Å²) >= 11 is 3.54. The van der Waals surface area contributed by atoms with Crippen LogP contribution in [0.25, 0.3) is 0 Å². The minimum absolute atomic E-state index is 0.0437. The predicted molar refractivity (Wildman–Crippen MR) is 91.1 cm³/mol. The zero-order valence-corrected chi connectivity index (χ0v) is 15.1. The first-order valence-corrected chi connectivity index (χ1v) is 8.65. The van der Waals surface area contributed by atoms with Crippen LogP contribution in [0.3, 0.4) is 0 Å². The van der Waals surface area contributed by atoms with Crippen LogP contribution in [0.1, 0.15) is 39.2 Å². The lowest BCUT2D eigenvalue weighted by Gasteiger charge is -2.39. The van der Waals surface area contributed by atoms with E-state index >= 15 is 0 Å². The van der Waals surface area contributed by atoms with E-state index < -0.39 is 15.7 Å². The van der Waals surface area contributed by atoms with Crippen molar-refractivity contribution in [2.75, 3.05) is 5.32 Å². The maximum atomic E-state index is 13.1. The molecule has 118 valence electrons. The summed E-state index contributed by atoms with van der Waals surface area (Å²) in [6.45, 7) is 8.15. The molecule has 0 unspecified atom stereocenters. The molecule has 22 heavy (non-hydrogen) atoms. The zero-order valence-electron chi connectivity index (χ0n) is 13.5. The van der Waals surface area contributed by atoms with E-state index in [0.717, 1.165) is 24.1 Å². The summed E-state index contributed by atoms with van der Waals surface area (Å²) in [7, 11) is 0. The fourth-order valence-electron chi connectivity index (χ4n) is 4.33. The minimum Gasteiger partial charge on any atom is -0.326 e. The number of hydrogen-bond donors (Lipinski definition) is 1. The van der Waals surface area contributed by atoms with E-state index in [2.05, 4.69) is 35.1 Å². The SMILES string of the molecule is Cc1ccc(NC(=O)[C@]23CC[C@@](C)(C(=O)[C@@H]2Br)C3(C)C)cc1. The number of halogens is 1. The van der Waals surface area contributed by atoms with E-state index in [-0.39, 0.29) is 17.1 Å². The Morgan fingerprint density at radius 1 is 1.18 bits per heavy atom. The number of Topliss-reactive ketones (excluding diaryl/α,β-unsaturated/α-hetero) is 1. The Labute approximate surface area is 140 Å². The molecule has 4 heteroatoms. The molecule has 0 heterocycles. The topological polar surface area (TPSA) is 46.2 Å². The third-order valence-electron chi connectivity index (χ3n) is 6.44. The van der Waals surface area contributed by atoms with Crippen molar-refractivity contribution in [3.63, 3.8) is 0 Å². The number of carbonyl (C=O) groups is 2. The number of hydrogen-bond acceptors (Lipinski definition) is 2.